The number of aryl methyl sites for hydroxylation is 1. The maximum atomic E-state index is 11.2. The summed E-state index contributed by atoms with van der Waals surface area (Å²) in [4.78, 5) is 2.26. The van der Waals surface area contributed by atoms with E-state index in [-0.39, 0.29) is 101 Å². The molecule has 0 amide bonds. The predicted molar refractivity (Wildman–Crippen MR) is 323 cm³/mol. The summed E-state index contributed by atoms with van der Waals surface area (Å²) >= 11 is 0. The van der Waals surface area contributed by atoms with Gasteiger partial charge in [-0.1, -0.05) is 228 Å². The van der Waals surface area contributed by atoms with Gasteiger partial charge >= 0.3 is 52.2 Å². The van der Waals surface area contributed by atoms with Crippen molar-refractivity contribution in [1.82, 2.24) is 4.90 Å². The molecular weight excluding hydrogens is 1050 g/mol. The fourth-order valence-corrected chi connectivity index (χ4v) is 8.73. The summed E-state index contributed by atoms with van der Waals surface area (Å²) in [7, 11) is 1.70. The van der Waals surface area contributed by atoms with Gasteiger partial charge in [-0.15, -0.1) is 23.5 Å². The van der Waals surface area contributed by atoms with Crippen molar-refractivity contribution < 1.29 is 72.2 Å². The van der Waals surface area contributed by atoms with Crippen LogP contribution in [0.3, 0.4) is 0 Å². The minimum atomic E-state index is -0.167. The van der Waals surface area contributed by atoms with Crippen LogP contribution in [0.15, 0.2) is 60.7 Å². The number of hydrogen-bond acceptors (Lipinski definition) is 5. The molecule has 7 nitrogen and oxygen atoms in total. The van der Waals surface area contributed by atoms with Gasteiger partial charge in [-0.05, 0) is 83.4 Å². The zero-order chi connectivity index (χ0) is 54.9. The summed E-state index contributed by atoms with van der Waals surface area (Å²) in [5, 5.41) is 40.9. The second kappa shape index (κ2) is 36.0. The number of aromatic hydroxyl groups is 2. The van der Waals surface area contributed by atoms with E-state index in [1.165, 1.54) is 33.6 Å². The molecule has 0 bridgehead atoms. The topological polar surface area (TPSA) is 101 Å². The number of rotatable bonds is 17. The van der Waals surface area contributed by atoms with Gasteiger partial charge in [0.1, 0.15) is 11.5 Å². The van der Waals surface area contributed by atoms with Crippen molar-refractivity contribution in [3.63, 3.8) is 0 Å². The molecular formula is C66H111N3O4YZn+. The molecule has 0 aliphatic carbocycles. The Balaban J connectivity index is -0.000000581. The van der Waals surface area contributed by atoms with E-state index in [4.69, 9.17) is 20.5 Å². The first-order chi connectivity index (χ1) is 32.7. The molecule has 0 aliphatic heterocycles. The van der Waals surface area contributed by atoms with Crippen molar-refractivity contribution >= 4 is 11.4 Å². The van der Waals surface area contributed by atoms with Gasteiger partial charge in [-0.2, -0.15) is 6.92 Å². The van der Waals surface area contributed by atoms with Crippen molar-refractivity contribution in [3.05, 3.63) is 141 Å². The van der Waals surface area contributed by atoms with E-state index < -0.39 is 0 Å². The molecule has 0 spiro atoms. The molecule has 4 rings (SSSR count). The Morgan fingerprint density at radius 2 is 0.973 bits per heavy atom. The molecule has 75 heavy (non-hydrogen) atoms. The number of para-hydroxylation sites is 2. The van der Waals surface area contributed by atoms with Gasteiger partial charge in [0.15, 0.2) is 0 Å². The summed E-state index contributed by atoms with van der Waals surface area (Å²) in [6.45, 7) is 55.0. The molecule has 0 fully saturated rings. The van der Waals surface area contributed by atoms with Crippen LogP contribution in [-0.2, 0) is 86.3 Å². The van der Waals surface area contributed by atoms with E-state index in [2.05, 4.69) is 205 Å². The first-order valence-electron chi connectivity index (χ1n) is 26.7. The van der Waals surface area contributed by atoms with Crippen LogP contribution in [0, 0.1) is 21.3 Å². The van der Waals surface area contributed by atoms with E-state index in [9.17, 15) is 10.2 Å². The van der Waals surface area contributed by atoms with Crippen LogP contribution in [0.25, 0.3) is 10.6 Å². The van der Waals surface area contributed by atoms with Gasteiger partial charge in [0.05, 0.1) is 6.61 Å². The Morgan fingerprint density at radius 1 is 0.600 bits per heavy atom. The number of benzene rings is 4. The Labute approximate surface area is 502 Å². The molecule has 4 aromatic rings. The van der Waals surface area contributed by atoms with Gasteiger partial charge in [-0.25, -0.2) is 0 Å². The third-order valence-electron chi connectivity index (χ3n) is 12.5. The standard InChI is InChI=1S/C30H47NO3.C29H44N2.C3H8O.C2H5.CH4.CH3.Y.Zn/c1-20-14-21(27(33)25(15-20)30(8,9)10)18-31(12-13-34-11)19-23-24(29(5,6)7)16-22(17-26(23)32)28(2,3)4;1-18(2)24-13-11-14-25(19(3)4)28(24)30-22(9)17-23(10)31-29-26(20(5)6)15-12-16-27(29)21(7)8;1-3(2)4;1-2;;;;/h14-17,32-33H,12-13,18-19H2,1-11H3;11-16,18-23H,17H2,1-10H3;3-4H,1-2H3;1H2,2H3;1H4;1H3;;/q;-2;;-1;;-1;+3;+2. The number of aliphatic hydroxyl groups excluding tert-OH is 1. The van der Waals surface area contributed by atoms with Crippen LogP contribution in [0.4, 0.5) is 11.4 Å². The van der Waals surface area contributed by atoms with Crippen molar-refractivity contribution in [2.75, 3.05) is 20.3 Å². The Hall–Kier alpha value is -2.31. The number of phenols is 2. The van der Waals surface area contributed by atoms with Crippen LogP contribution in [0.2, 0.25) is 0 Å². The van der Waals surface area contributed by atoms with E-state index >= 15 is 0 Å². The maximum absolute atomic E-state index is 11.2. The minimum absolute atomic E-state index is 0. The van der Waals surface area contributed by atoms with Crippen molar-refractivity contribution in [2.45, 2.75) is 244 Å². The van der Waals surface area contributed by atoms with Crippen molar-refractivity contribution in [2.24, 2.45) is 0 Å². The second-order valence-corrected chi connectivity index (χ2v) is 24.3. The molecule has 2 atom stereocenters. The molecule has 0 aliphatic rings. The number of methoxy groups -OCH3 is 1. The number of aliphatic hydroxyl groups is 1. The summed E-state index contributed by atoms with van der Waals surface area (Å²) in [5.74, 6) is 2.58. The average molecular weight is 1160 g/mol. The van der Waals surface area contributed by atoms with Crippen LogP contribution >= 0.6 is 0 Å². The van der Waals surface area contributed by atoms with Gasteiger partial charge in [0.2, 0.25) is 0 Å². The summed E-state index contributed by atoms with van der Waals surface area (Å²) in [6.07, 6.45) is 0.786. The maximum Gasteiger partial charge on any atom is 3.00 e. The van der Waals surface area contributed by atoms with Gasteiger partial charge in [-0.3, -0.25) is 4.90 Å². The molecule has 2 unspecified atom stereocenters. The number of ether oxygens (including phenoxy) is 1. The largest absolute Gasteiger partial charge is 3.00 e. The van der Waals surface area contributed by atoms with Gasteiger partial charge < -0.3 is 45.0 Å². The molecule has 9 heteroatoms. The monoisotopic (exact) mass is 1160 g/mol. The van der Waals surface area contributed by atoms with E-state index in [1.54, 1.807) is 27.9 Å². The van der Waals surface area contributed by atoms with Gasteiger partial charge in [0.25, 0.3) is 0 Å². The van der Waals surface area contributed by atoms with Crippen molar-refractivity contribution in [3.8, 4) is 11.5 Å². The fraction of sp³-hybridized carbons (Fsp3) is 0.606. The van der Waals surface area contributed by atoms with Crippen LogP contribution < -0.4 is 0 Å². The predicted octanol–water partition coefficient (Wildman–Crippen LogP) is 19.3. The Morgan fingerprint density at radius 3 is 1.29 bits per heavy atom. The first kappa shape index (κ1) is 79.2. The molecule has 418 valence electrons. The fourth-order valence-electron chi connectivity index (χ4n) is 8.73. The van der Waals surface area contributed by atoms with Crippen LogP contribution in [0.5, 0.6) is 11.5 Å². The smallest absolute Gasteiger partial charge is 0.681 e. The van der Waals surface area contributed by atoms with Gasteiger partial charge in [0, 0.05) is 44.0 Å². The zero-order valence-electron chi connectivity index (χ0n) is 51.9. The number of phenolic OH excluding ortho intramolecular Hbond substituents is 2. The third-order valence-corrected chi connectivity index (χ3v) is 12.5. The molecule has 0 aromatic heterocycles. The second-order valence-electron chi connectivity index (χ2n) is 24.3. The molecule has 0 heterocycles. The minimum Gasteiger partial charge on any atom is -0.681 e. The summed E-state index contributed by atoms with van der Waals surface area (Å²) < 4.78 is 5.40. The zero-order valence-corrected chi connectivity index (χ0v) is 57.7. The van der Waals surface area contributed by atoms with Crippen molar-refractivity contribution in [1.29, 1.82) is 0 Å². The van der Waals surface area contributed by atoms with E-state index in [1.807, 2.05) is 6.07 Å². The summed E-state index contributed by atoms with van der Waals surface area (Å²) in [5.41, 5.74) is 13.8. The van der Waals surface area contributed by atoms with E-state index in [0.29, 0.717) is 61.4 Å². The van der Waals surface area contributed by atoms with E-state index in [0.717, 1.165) is 39.8 Å². The molecule has 4 aromatic carbocycles. The molecule has 0 radical (unpaired) electrons. The Bertz CT molecular complexity index is 2070. The first-order valence-corrected chi connectivity index (χ1v) is 26.7. The SMILES string of the molecule is C.CC(C)O.CC(CC(C)[N-]c1c(C(C)C)cccc1C(C)C)[N-]c1c(C(C)C)cccc1C(C)C.COCCN(Cc1cc(C)cc(C(C)(C)C)c1O)Cc1c(O)cc(C(C)(C)C)cc1C(C)(C)C.[CH2-]C.[CH3-].[Y+3].[Zn+2]. The Kier molecular flexibility index (Phi) is 38.1. The third kappa shape index (κ3) is 26.0. The number of hydrogen-bond donors (Lipinski definition) is 3. The molecule has 0 saturated carbocycles. The van der Waals surface area contributed by atoms with Crippen LogP contribution in [0.1, 0.15) is 245 Å². The number of nitrogens with zero attached hydrogens (tertiary/aromatic N) is 3. The average Bonchev–Trinajstić information content (AvgIpc) is 3.23. The van der Waals surface area contributed by atoms with Crippen LogP contribution in [-0.4, -0.2) is 58.7 Å². The summed E-state index contributed by atoms with van der Waals surface area (Å²) in [6, 6.07) is 22.1. The normalized spacial score (nSPS) is 12.2. The quantitative estimate of drug-likeness (QED) is 0.0722. The molecule has 0 saturated heterocycles. The molecule has 3 N–H and O–H groups in total.